The molecule has 0 spiro atoms. The molecule has 0 heterocycles. The molecule has 1 aromatic carbocycles. The predicted octanol–water partition coefficient (Wildman–Crippen LogP) is 1.81. The van der Waals surface area contributed by atoms with Gasteiger partial charge in [0, 0.05) is 19.8 Å². The van der Waals surface area contributed by atoms with Crippen molar-refractivity contribution in [1.82, 2.24) is 10.0 Å². The number of thioether (sulfide) groups is 1. The number of aliphatic imine (C=N–C) groups is 1. The van der Waals surface area contributed by atoms with Gasteiger partial charge in [0.05, 0.1) is 10.6 Å². The summed E-state index contributed by atoms with van der Waals surface area (Å²) < 4.78 is 31.9. The zero-order valence-electron chi connectivity index (χ0n) is 13.1. The Kier molecular flexibility index (Phi) is 8.65. The van der Waals surface area contributed by atoms with Gasteiger partial charge in [0.1, 0.15) is 0 Å². The molecule has 9 heteroatoms. The number of benzene rings is 1. The van der Waals surface area contributed by atoms with Crippen LogP contribution in [0.5, 0.6) is 0 Å². The van der Waals surface area contributed by atoms with E-state index in [0.717, 1.165) is 0 Å². The molecule has 0 bridgehead atoms. The first kappa shape index (κ1) is 19.4. The van der Waals surface area contributed by atoms with E-state index in [1.54, 1.807) is 24.6 Å². The van der Waals surface area contributed by atoms with Crippen molar-refractivity contribution in [2.45, 2.75) is 18.2 Å². The van der Waals surface area contributed by atoms with Crippen molar-refractivity contribution in [3.8, 4) is 6.19 Å². The third-order valence-electron chi connectivity index (χ3n) is 2.70. The number of sulfonamides is 1. The molecular formula is C14H20N4O3S2. The Bertz CT molecular complexity index is 652. The van der Waals surface area contributed by atoms with Gasteiger partial charge in [-0.15, -0.1) is 0 Å². The SMILES string of the molecule is CCOCCCNS(=O)(=O)c1ccc(N=C(NC#N)SC)cc1. The fraction of sp³-hybridized carbons (Fsp3) is 0.429. The average molecular weight is 356 g/mol. The molecule has 0 saturated carbocycles. The first-order chi connectivity index (χ1) is 11.0. The first-order valence-electron chi connectivity index (χ1n) is 6.98. The maximum Gasteiger partial charge on any atom is 0.240 e. The molecule has 0 fully saturated rings. The van der Waals surface area contributed by atoms with E-state index >= 15 is 0 Å². The summed E-state index contributed by atoms with van der Waals surface area (Å²) in [5, 5.41) is 11.5. The van der Waals surface area contributed by atoms with Crippen LogP contribution in [0.3, 0.4) is 0 Å². The molecule has 2 N–H and O–H groups in total. The van der Waals surface area contributed by atoms with Gasteiger partial charge in [-0.1, -0.05) is 11.8 Å². The Morgan fingerprint density at radius 2 is 2.09 bits per heavy atom. The van der Waals surface area contributed by atoms with Crippen molar-refractivity contribution in [1.29, 1.82) is 5.26 Å². The summed E-state index contributed by atoms with van der Waals surface area (Å²) in [6, 6.07) is 6.14. The highest BCUT2D eigenvalue weighted by Crippen LogP contribution is 2.17. The van der Waals surface area contributed by atoms with Crippen LogP contribution in [0.15, 0.2) is 34.2 Å². The monoisotopic (exact) mass is 356 g/mol. The van der Waals surface area contributed by atoms with Crippen molar-refractivity contribution < 1.29 is 13.2 Å². The number of rotatable bonds is 8. The highest BCUT2D eigenvalue weighted by molar-refractivity contribution is 8.13. The van der Waals surface area contributed by atoms with Crippen molar-refractivity contribution in [2.24, 2.45) is 4.99 Å². The molecule has 0 aliphatic carbocycles. The van der Waals surface area contributed by atoms with E-state index in [2.05, 4.69) is 15.0 Å². The number of ether oxygens (including phenoxy) is 1. The summed E-state index contributed by atoms with van der Waals surface area (Å²) in [5.74, 6) is 0. The number of hydrogen-bond donors (Lipinski definition) is 2. The summed E-state index contributed by atoms with van der Waals surface area (Å²) in [5.41, 5.74) is 0.562. The van der Waals surface area contributed by atoms with E-state index in [9.17, 15) is 8.42 Å². The minimum absolute atomic E-state index is 0.173. The van der Waals surface area contributed by atoms with Gasteiger partial charge in [-0.25, -0.2) is 18.1 Å². The summed E-state index contributed by atoms with van der Waals surface area (Å²) in [6.07, 6.45) is 4.20. The zero-order chi connectivity index (χ0) is 17.1. The fourth-order valence-electron chi connectivity index (χ4n) is 1.60. The second-order valence-corrected chi connectivity index (χ2v) is 6.86. The molecule has 0 aromatic heterocycles. The van der Waals surface area contributed by atoms with Gasteiger partial charge in [0.15, 0.2) is 11.4 Å². The summed E-state index contributed by atoms with van der Waals surface area (Å²) in [4.78, 5) is 4.37. The second kappa shape index (κ2) is 10.2. The number of amidine groups is 1. The van der Waals surface area contributed by atoms with Crippen LogP contribution in [0.1, 0.15) is 13.3 Å². The topological polar surface area (TPSA) is 104 Å². The van der Waals surface area contributed by atoms with Gasteiger partial charge < -0.3 is 4.74 Å². The molecule has 7 nitrogen and oxygen atoms in total. The Morgan fingerprint density at radius 1 is 1.39 bits per heavy atom. The number of nitrogens with zero attached hydrogens (tertiary/aromatic N) is 2. The molecule has 1 aromatic rings. The molecule has 0 atom stereocenters. The average Bonchev–Trinajstić information content (AvgIpc) is 2.54. The smallest absolute Gasteiger partial charge is 0.240 e. The molecule has 1 rings (SSSR count). The Morgan fingerprint density at radius 3 is 2.65 bits per heavy atom. The Hall–Kier alpha value is -1.60. The normalized spacial score (nSPS) is 12.0. The lowest BCUT2D eigenvalue weighted by atomic mass is 10.3. The van der Waals surface area contributed by atoms with Crippen molar-refractivity contribution in [2.75, 3.05) is 26.0 Å². The second-order valence-electron chi connectivity index (χ2n) is 4.30. The van der Waals surface area contributed by atoms with E-state index in [-0.39, 0.29) is 4.90 Å². The fourth-order valence-corrected chi connectivity index (χ4v) is 3.02. The minimum Gasteiger partial charge on any atom is -0.382 e. The molecule has 126 valence electrons. The van der Waals surface area contributed by atoms with Crippen LogP contribution in [0.2, 0.25) is 0 Å². The van der Waals surface area contributed by atoms with Gasteiger partial charge in [-0.3, -0.25) is 5.32 Å². The van der Waals surface area contributed by atoms with Crippen LogP contribution in [0.25, 0.3) is 0 Å². The van der Waals surface area contributed by atoms with E-state index in [1.165, 1.54) is 23.9 Å². The van der Waals surface area contributed by atoms with Crippen molar-refractivity contribution in [3.05, 3.63) is 24.3 Å². The van der Waals surface area contributed by atoms with Crippen LogP contribution in [0, 0.1) is 11.5 Å². The van der Waals surface area contributed by atoms with Crippen LogP contribution in [-0.2, 0) is 14.8 Å². The van der Waals surface area contributed by atoms with Gasteiger partial charge in [-0.2, -0.15) is 5.26 Å². The van der Waals surface area contributed by atoms with E-state index in [0.29, 0.717) is 37.0 Å². The van der Waals surface area contributed by atoms with Crippen LogP contribution in [-0.4, -0.2) is 39.6 Å². The van der Waals surface area contributed by atoms with Gasteiger partial charge >= 0.3 is 0 Å². The third-order valence-corrected chi connectivity index (χ3v) is 4.75. The van der Waals surface area contributed by atoms with E-state index < -0.39 is 10.0 Å². The van der Waals surface area contributed by atoms with Crippen LogP contribution >= 0.6 is 11.8 Å². The molecule has 0 amide bonds. The first-order valence-corrected chi connectivity index (χ1v) is 9.69. The standard InChI is InChI=1S/C14H20N4O3S2/c1-3-21-10-4-9-17-23(19,20)13-7-5-12(6-8-13)18-14(22-2)16-11-15/h5-8,17H,3-4,9-10H2,1-2H3,(H,16,18). The lowest BCUT2D eigenvalue weighted by Crippen LogP contribution is -2.25. The van der Waals surface area contributed by atoms with Gasteiger partial charge in [0.2, 0.25) is 10.0 Å². The van der Waals surface area contributed by atoms with Gasteiger partial charge in [0.25, 0.3) is 0 Å². The maximum atomic E-state index is 12.1. The molecule has 0 aliphatic rings. The molecule has 0 unspecified atom stereocenters. The minimum atomic E-state index is -3.54. The summed E-state index contributed by atoms with van der Waals surface area (Å²) >= 11 is 1.29. The predicted molar refractivity (Wildman–Crippen MR) is 92.1 cm³/mol. The van der Waals surface area contributed by atoms with Crippen LogP contribution in [0.4, 0.5) is 5.69 Å². The molecular weight excluding hydrogens is 336 g/mol. The third kappa shape index (κ3) is 7.00. The number of nitrogens with one attached hydrogen (secondary N) is 2. The van der Waals surface area contributed by atoms with E-state index in [4.69, 9.17) is 10.00 Å². The van der Waals surface area contributed by atoms with E-state index in [1.807, 2.05) is 6.92 Å². The molecule has 0 radical (unpaired) electrons. The number of hydrogen-bond acceptors (Lipinski definition) is 6. The lowest BCUT2D eigenvalue weighted by Gasteiger charge is -2.07. The Labute approximate surface area is 141 Å². The van der Waals surface area contributed by atoms with Gasteiger partial charge in [-0.05, 0) is 43.9 Å². The summed E-state index contributed by atoms with van der Waals surface area (Å²) in [7, 11) is -3.54. The highest BCUT2D eigenvalue weighted by Gasteiger charge is 2.12. The largest absolute Gasteiger partial charge is 0.382 e. The lowest BCUT2D eigenvalue weighted by molar-refractivity contribution is 0.146. The highest BCUT2D eigenvalue weighted by atomic mass is 32.2. The molecule has 23 heavy (non-hydrogen) atoms. The van der Waals surface area contributed by atoms with Crippen molar-refractivity contribution >= 4 is 32.6 Å². The van der Waals surface area contributed by atoms with Crippen LogP contribution < -0.4 is 10.0 Å². The summed E-state index contributed by atoms with van der Waals surface area (Å²) in [6.45, 7) is 3.36. The number of nitriles is 1. The Balaban J connectivity index is 2.69. The molecule has 0 aliphatic heterocycles. The molecule has 0 saturated heterocycles. The quantitative estimate of drug-likeness (QED) is 0.242. The zero-order valence-corrected chi connectivity index (χ0v) is 14.7. The maximum absolute atomic E-state index is 12.1. The van der Waals surface area contributed by atoms with Crippen molar-refractivity contribution in [3.63, 3.8) is 0 Å².